The van der Waals surface area contributed by atoms with Crippen molar-refractivity contribution >= 4 is 53.3 Å². The maximum atomic E-state index is 5.89. The van der Waals surface area contributed by atoms with Gasteiger partial charge < -0.3 is 0 Å². The second-order valence-electron chi connectivity index (χ2n) is 1.91. The van der Waals surface area contributed by atoms with E-state index in [0.29, 0.717) is 5.03 Å². The molecule has 1 aliphatic carbocycles. The molecular formula is C6H5Cl2IS. The van der Waals surface area contributed by atoms with Crippen LogP contribution in [0.2, 0.25) is 0 Å². The van der Waals surface area contributed by atoms with E-state index in [1.807, 2.05) is 6.08 Å². The van der Waals surface area contributed by atoms with Gasteiger partial charge in [0.25, 0.3) is 0 Å². The van der Waals surface area contributed by atoms with Gasteiger partial charge >= 0.3 is 0 Å². The molecule has 0 aromatic heterocycles. The average Bonchev–Trinajstić information content (AvgIpc) is 1.95. The van der Waals surface area contributed by atoms with Gasteiger partial charge in [-0.15, -0.1) is 0 Å². The predicted molar refractivity (Wildman–Crippen MR) is 57.7 cm³/mol. The topological polar surface area (TPSA) is 0 Å². The highest BCUT2D eigenvalue weighted by Crippen LogP contribution is 2.39. The van der Waals surface area contributed by atoms with Crippen LogP contribution in [0.4, 0.5) is 0 Å². The molecular weight excluding hydrogens is 302 g/mol. The van der Waals surface area contributed by atoms with Gasteiger partial charge in [0.15, 0.2) is 0 Å². The lowest BCUT2D eigenvalue weighted by Gasteiger charge is -2.09. The Hall–Kier alpha value is 1.14. The third-order valence-corrected chi connectivity index (χ3v) is 4.42. The molecule has 0 aromatic carbocycles. The lowest BCUT2D eigenvalue weighted by atomic mass is 10.2. The van der Waals surface area contributed by atoms with E-state index < -0.39 is 0 Å². The summed E-state index contributed by atoms with van der Waals surface area (Å²) in [6, 6.07) is 0. The third-order valence-electron chi connectivity index (χ3n) is 1.24. The van der Waals surface area contributed by atoms with Crippen molar-refractivity contribution in [2.24, 2.45) is 0 Å². The van der Waals surface area contributed by atoms with Crippen LogP contribution in [0, 0.1) is 0 Å². The molecule has 0 unspecified atom stereocenters. The highest BCUT2D eigenvalue weighted by atomic mass is 127. The van der Waals surface area contributed by atoms with Gasteiger partial charge in [0.1, 0.15) is 0 Å². The van der Waals surface area contributed by atoms with Crippen LogP contribution in [0.5, 0.6) is 0 Å². The molecule has 0 aromatic rings. The van der Waals surface area contributed by atoms with Gasteiger partial charge in [-0.1, -0.05) is 38.2 Å². The monoisotopic (exact) mass is 306 g/mol. The molecule has 0 nitrogen and oxygen atoms in total. The van der Waals surface area contributed by atoms with Crippen LogP contribution >= 0.6 is 53.3 Å². The van der Waals surface area contributed by atoms with Crippen LogP contribution in [0.3, 0.4) is 0 Å². The zero-order chi connectivity index (χ0) is 7.56. The Morgan fingerprint density at radius 3 is 2.70 bits per heavy atom. The Morgan fingerprint density at radius 1 is 1.50 bits per heavy atom. The second-order valence-corrected chi connectivity index (χ2v) is 4.66. The van der Waals surface area contributed by atoms with Crippen molar-refractivity contribution in [3.63, 3.8) is 0 Å². The lowest BCUT2D eigenvalue weighted by molar-refractivity contribution is 1.01. The SMILES string of the molecule is ClC1=CCCC(SI)=C1Cl. The molecule has 56 valence electrons. The summed E-state index contributed by atoms with van der Waals surface area (Å²) in [6.07, 6.45) is 4.00. The molecule has 0 saturated carbocycles. The molecule has 0 heterocycles. The van der Waals surface area contributed by atoms with Crippen molar-refractivity contribution in [1.82, 2.24) is 0 Å². The van der Waals surface area contributed by atoms with Crippen molar-refractivity contribution in [1.29, 1.82) is 0 Å². The van der Waals surface area contributed by atoms with Crippen LogP contribution in [0.1, 0.15) is 12.8 Å². The minimum absolute atomic E-state index is 0.701. The zero-order valence-corrected chi connectivity index (χ0v) is 9.52. The van der Waals surface area contributed by atoms with Gasteiger partial charge in [-0.05, 0) is 12.8 Å². The maximum absolute atomic E-state index is 5.89. The summed E-state index contributed by atoms with van der Waals surface area (Å²) in [5.74, 6) is 0. The number of halogens is 3. The lowest BCUT2D eigenvalue weighted by Crippen LogP contribution is -1.88. The zero-order valence-electron chi connectivity index (χ0n) is 5.03. The van der Waals surface area contributed by atoms with E-state index in [9.17, 15) is 0 Å². The van der Waals surface area contributed by atoms with Crippen molar-refractivity contribution in [2.75, 3.05) is 0 Å². The summed E-state index contributed by atoms with van der Waals surface area (Å²) in [4.78, 5) is 1.19. The van der Waals surface area contributed by atoms with Crippen molar-refractivity contribution in [3.05, 3.63) is 21.0 Å². The van der Waals surface area contributed by atoms with Crippen LogP contribution in [0.25, 0.3) is 0 Å². The first kappa shape index (κ1) is 9.23. The van der Waals surface area contributed by atoms with Crippen LogP contribution < -0.4 is 0 Å². The maximum Gasteiger partial charge on any atom is 0.0691 e. The first-order valence-corrected chi connectivity index (χ1v) is 6.90. The molecule has 0 bridgehead atoms. The Morgan fingerprint density at radius 2 is 2.20 bits per heavy atom. The molecule has 0 radical (unpaired) electrons. The predicted octanol–water partition coefficient (Wildman–Crippen LogP) is 4.44. The highest BCUT2D eigenvalue weighted by Gasteiger charge is 2.11. The van der Waals surface area contributed by atoms with Gasteiger partial charge in [0.05, 0.1) is 10.1 Å². The first-order chi connectivity index (χ1) is 4.75. The third kappa shape index (κ3) is 2.06. The van der Waals surface area contributed by atoms with Gasteiger partial charge in [0.2, 0.25) is 0 Å². The van der Waals surface area contributed by atoms with Crippen LogP contribution in [0.15, 0.2) is 21.0 Å². The summed E-state index contributed by atoms with van der Waals surface area (Å²) in [6.45, 7) is 0. The minimum atomic E-state index is 0.701. The molecule has 0 saturated heterocycles. The largest absolute Gasteiger partial charge is 0.0830 e. The fourth-order valence-electron chi connectivity index (χ4n) is 0.735. The van der Waals surface area contributed by atoms with Crippen LogP contribution in [-0.4, -0.2) is 0 Å². The quantitative estimate of drug-likeness (QED) is 0.646. The van der Waals surface area contributed by atoms with Gasteiger partial charge in [-0.25, -0.2) is 0 Å². The first-order valence-electron chi connectivity index (χ1n) is 2.79. The van der Waals surface area contributed by atoms with Crippen molar-refractivity contribution < 1.29 is 0 Å². The molecule has 4 heteroatoms. The molecule has 0 spiro atoms. The molecule has 0 fully saturated rings. The summed E-state index contributed by atoms with van der Waals surface area (Å²) in [7, 11) is 1.65. The van der Waals surface area contributed by atoms with E-state index in [1.165, 1.54) is 4.91 Å². The fourth-order valence-corrected chi connectivity index (χ4v) is 3.39. The van der Waals surface area contributed by atoms with E-state index in [1.54, 1.807) is 8.93 Å². The Bertz CT molecular complexity index is 198. The van der Waals surface area contributed by atoms with Crippen molar-refractivity contribution in [3.8, 4) is 0 Å². The molecule has 0 atom stereocenters. The van der Waals surface area contributed by atoms with E-state index in [0.717, 1.165) is 17.9 Å². The summed E-state index contributed by atoms with van der Waals surface area (Å²) in [5, 5.41) is 1.43. The van der Waals surface area contributed by atoms with Gasteiger partial charge in [-0.2, -0.15) is 0 Å². The highest BCUT2D eigenvalue weighted by molar-refractivity contribution is 14.2. The minimum Gasteiger partial charge on any atom is -0.0830 e. The molecule has 0 amide bonds. The Balaban J connectivity index is 2.85. The van der Waals surface area contributed by atoms with Gasteiger partial charge in [0, 0.05) is 26.1 Å². The van der Waals surface area contributed by atoms with E-state index in [4.69, 9.17) is 23.2 Å². The molecule has 1 aliphatic rings. The normalized spacial score (nSPS) is 19.3. The molecule has 10 heavy (non-hydrogen) atoms. The second kappa shape index (κ2) is 4.24. The number of allylic oxidation sites excluding steroid dienone is 4. The summed E-state index contributed by atoms with van der Waals surface area (Å²) >= 11 is 13.9. The van der Waals surface area contributed by atoms with E-state index in [-0.39, 0.29) is 0 Å². The Labute approximate surface area is 86.6 Å². The smallest absolute Gasteiger partial charge is 0.0691 e. The molecule has 0 aliphatic heterocycles. The fraction of sp³-hybridized carbons (Fsp3) is 0.333. The number of hydrogen-bond donors (Lipinski definition) is 0. The average molecular weight is 307 g/mol. The molecule has 1 rings (SSSR count). The Kier molecular flexibility index (Phi) is 3.91. The number of hydrogen-bond acceptors (Lipinski definition) is 1. The van der Waals surface area contributed by atoms with E-state index in [2.05, 4.69) is 21.2 Å². The summed E-state index contributed by atoms with van der Waals surface area (Å²) < 4.78 is 0. The van der Waals surface area contributed by atoms with Crippen LogP contribution in [-0.2, 0) is 0 Å². The standard InChI is InChI=1S/C6H5Cl2IS/c7-4-2-1-3-5(10-9)6(4)8/h2H,1,3H2. The summed E-state index contributed by atoms with van der Waals surface area (Å²) in [5.41, 5.74) is 0. The molecule has 0 N–H and O–H groups in total. The van der Waals surface area contributed by atoms with E-state index >= 15 is 0 Å². The van der Waals surface area contributed by atoms with Gasteiger partial charge in [-0.3, -0.25) is 0 Å². The number of rotatable bonds is 1. The van der Waals surface area contributed by atoms with Crippen molar-refractivity contribution in [2.45, 2.75) is 12.8 Å².